The van der Waals surface area contributed by atoms with Gasteiger partial charge in [0.1, 0.15) is 0 Å². The van der Waals surface area contributed by atoms with Gasteiger partial charge >= 0.3 is 0 Å². The predicted molar refractivity (Wildman–Crippen MR) is 94.1 cm³/mol. The molecule has 0 aliphatic carbocycles. The Labute approximate surface area is 149 Å². The number of sulfonamides is 1. The SMILES string of the molecule is CC(C)(C)NS(=O)(=O)c1ccc(C(=O)NCc2cccc(Br)c2)o1. The van der Waals surface area contributed by atoms with E-state index in [4.69, 9.17) is 4.42 Å². The number of hydrogen-bond donors (Lipinski definition) is 2. The fourth-order valence-corrected chi connectivity index (χ4v) is 3.76. The topological polar surface area (TPSA) is 88.4 Å². The fourth-order valence-electron chi connectivity index (χ4n) is 1.96. The molecule has 0 aliphatic rings. The van der Waals surface area contributed by atoms with Crippen molar-refractivity contribution in [3.63, 3.8) is 0 Å². The molecule has 2 rings (SSSR count). The van der Waals surface area contributed by atoms with Crippen LogP contribution in [0.1, 0.15) is 36.9 Å². The van der Waals surface area contributed by atoms with Crippen molar-refractivity contribution in [3.8, 4) is 0 Å². The first kappa shape index (κ1) is 18.7. The third-order valence-electron chi connectivity index (χ3n) is 2.85. The van der Waals surface area contributed by atoms with Crippen LogP contribution >= 0.6 is 15.9 Å². The predicted octanol–water partition coefficient (Wildman–Crippen LogP) is 3.05. The van der Waals surface area contributed by atoms with Crippen molar-refractivity contribution < 1.29 is 17.6 Å². The number of amides is 1. The van der Waals surface area contributed by atoms with E-state index in [1.165, 1.54) is 12.1 Å². The summed E-state index contributed by atoms with van der Waals surface area (Å²) >= 11 is 3.36. The number of halogens is 1. The van der Waals surface area contributed by atoms with Crippen molar-refractivity contribution in [2.75, 3.05) is 0 Å². The monoisotopic (exact) mass is 414 g/mol. The first-order valence-corrected chi connectivity index (χ1v) is 9.51. The van der Waals surface area contributed by atoms with E-state index in [-0.39, 0.29) is 10.9 Å². The van der Waals surface area contributed by atoms with E-state index in [1.54, 1.807) is 20.8 Å². The van der Waals surface area contributed by atoms with Crippen LogP contribution in [-0.2, 0) is 16.6 Å². The summed E-state index contributed by atoms with van der Waals surface area (Å²) in [4.78, 5) is 12.1. The third-order valence-corrected chi connectivity index (χ3v) is 4.98. The molecule has 0 atom stereocenters. The molecular weight excluding hydrogens is 396 g/mol. The Kier molecular flexibility index (Phi) is 5.52. The molecule has 2 N–H and O–H groups in total. The Morgan fingerprint density at radius 2 is 1.92 bits per heavy atom. The lowest BCUT2D eigenvalue weighted by Crippen LogP contribution is -2.40. The standard InChI is InChI=1S/C16H19BrN2O4S/c1-16(2,3)19-24(21,22)14-8-7-13(23-14)15(20)18-10-11-5-4-6-12(17)9-11/h4-9,19H,10H2,1-3H3,(H,18,20). The highest BCUT2D eigenvalue weighted by molar-refractivity contribution is 9.10. The molecule has 0 radical (unpaired) electrons. The van der Waals surface area contributed by atoms with Gasteiger partial charge in [0.2, 0.25) is 5.09 Å². The molecule has 1 amide bonds. The third kappa shape index (κ3) is 5.19. The van der Waals surface area contributed by atoms with Gasteiger partial charge in [-0.3, -0.25) is 4.79 Å². The molecule has 0 bridgehead atoms. The van der Waals surface area contributed by atoms with Gasteiger partial charge in [-0.25, -0.2) is 13.1 Å². The Hall–Kier alpha value is -1.64. The Bertz CT molecular complexity index is 838. The first-order valence-electron chi connectivity index (χ1n) is 7.23. The fraction of sp³-hybridized carbons (Fsp3) is 0.312. The quantitative estimate of drug-likeness (QED) is 0.786. The maximum atomic E-state index is 12.2. The summed E-state index contributed by atoms with van der Waals surface area (Å²) in [7, 11) is -3.81. The summed E-state index contributed by atoms with van der Waals surface area (Å²) in [5.41, 5.74) is 0.265. The zero-order valence-electron chi connectivity index (χ0n) is 13.6. The van der Waals surface area contributed by atoms with E-state index in [0.29, 0.717) is 6.54 Å². The van der Waals surface area contributed by atoms with E-state index in [1.807, 2.05) is 24.3 Å². The van der Waals surface area contributed by atoms with Gasteiger partial charge < -0.3 is 9.73 Å². The summed E-state index contributed by atoms with van der Waals surface area (Å²) in [6, 6.07) is 10.1. The van der Waals surface area contributed by atoms with E-state index < -0.39 is 21.5 Å². The van der Waals surface area contributed by atoms with E-state index in [0.717, 1.165) is 10.0 Å². The Morgan fingerprint density at radius 3 is 2.54 bits per heavy atom. The van der Waals surface area contributed by atoms with Gasteiger partial charge in [0.15, 0.2) is 5.76 Å². The zero-order chi connectivity index (χ0) is 18.0. The number of benzene rings is 1. The van der Waals surface area contributed by atoms with Gasteiger partial charge in [-0.15, -0.1) is 0 Å². The molecule has 0 unspecified atom stereocenters. The number of furan rings is 1. The average Bonchev–Trinajstić information content (AvgIpc) is 2.93. The van der Waals surface area contributed by atoms with Crippen LogP contribution in [0.3, 0.4) is 0 Å². The van der Waals surface area contributed by atoms with Gasteiger partial charge in [-0.05, 0) is 50.6 Å². The average molecular weight is 415 g/mol. The van der Waals surface area contributed by atoms with Gasteiger partial charge in [0.25, 0.3) is 15.9 Å². The van der Waals surface area contributed by atoms with E-state index in [9.17, 15) is 13.2 Å². The molecular formula is C16H19BrN2O4S. The molecule has 0 saturated carbocycles. The summed E-state index contributed by atoms with van der Waals surface area (Å²) < 4.78 is 32.9. The number of nitrogens with one attached hydrogen (secondary N) is 2. The molecule has 6 nitrogen and oxygen atoms in total. The maximum Gasteiger partial charge on any atom is 0.287 e. The second-order valence-electron chi connectivity index (χ2n) is 6.29. The molecule has 0 spiro atoms. The first-order chi connectivity index (χ1) is 11.1. The second kappa shape index (κ2) is 7.08. The van der Waals surface area contributed by atoms with Gasteiger partial charge in [-0.1, -0.05) is 28.1 Å². The minimum Gasteiger partial charge on any atom is -0.438 e. The van der Waals surface area contributed by atoms with Gasteiger partial charge in [0.05, 0.1) is 0 Å². The molecule has 0 aliphatic heterocycles. The van der Waals surface area contributed by atoms with Crippen molar-refractivity contribution in [2.24, 2.45) is 0 Å². The van der Waals surface area contributed by atoms with Crippen molar-refractivity contribution in [1.82, 2.24) is 10.0 Å². The lowest BCUT2D eigenvalue weighted by Gasteiger charge is -2.18. The number of carbonyl (C=O) groups excluding carboxylic acids is 1. The number of rotatable bonds is 5. The van der Waals surface area contributed by atoms with Crippen molar-refractivity contribution >= 4 is 31.9 Å². The number of hydrogen-bond acceptors (Lipinski definition) is 4. The summed E-state index contributed by atoms with van der Waals surface area (Å²) in [6.45, 7) is 5.47. The highest BCUT2D eigenvalue weighted by Crippen LogP contribution is 2.17. The molecule has 1 aromatic heterocycles. The van der Waals surface area contributed by atoms with Crippen LogP contribution in [0.15, 0.2) is 50.4 Å². The minimum atomic E-state index is -3.81. The molecule has 1 heterocycles. The van der Waals surface area contributed by atoms with Crippen LogP contribution < -0.4 is 10.0 Å². The molecule has 1 aromatic carbocycles. The number of carbonyl (C=O) groups is 1. The van der Waals surface area contributed by atoms with E-state index >= 15 is 0 Å². The van der Waals surface area contributed by atoms with Crippen LogP contribution in [0, 0.1) is 0 Å². The Balaban J connectivity index is 2.06. The maximum absolute atomic E-state index is 12.2. The largest absolute Gasteiger partial charge is 0.438 e. The molecule has 24 heavy (non-hydrogen) atoms. The molecule has 2 aromatic rings. The van der Waals surface area contributed by atoms with Crippen LogP contribution in [0.2, 0.25) is 0 Å². The van der Waals surface area contributed by atoms with Gasteiger partial charge in [0, 0.05) is 16.6 Å². The molecule has 130 valence electrons. The van der Waals surface area contributed by atoms with Crippen molar-refractivity contribution in [1.29, 1.82) is 0 Å². The smallest absolute Gasteiger partial charge is 0.287 e. The summed E-state index contributed by atoms with van der Waals surface area (Å²) in [5, 5.41) is 2.40. The Morgan fingerprint density at radius 1 is 1.21 bits per heavy atom. The second-order valence-corrected chi connectivity index (χ2v) is 8.82. The van der Waals surface area contributed by atoms with Crippen LogP contribution in [-0.4, -0.2) is 19.9 Å². The highest BCUT2D eigenvalue weighted by Gasteiger charge is 2.26. The lowest BCUT2D eigenvalue weighted by molar-refractivity contribution is 0.0918. The normalized spacial score (nSPS) is 12.2. The van der Waals surface area contributed by atoms with Crippen LogP contribution in [0.4, 0.5) is 0 Å². The molecule has 0 fully saturated rings. The van der Waals surface area contributed by atoms with Crippen molar-refractivity contribution in [2.45, 2.75) is 37.9 Å². The highest BCUT2D eigenvalue weighted by atomic mass is 79.9. The summed E-state index contributed by atoms with van der Waals surface area (Å²) in [6.07, 6.45) is 0. The molecule has 8 heteroatoms. The van der Waals surface area contributed by atoms with Gasteiger partial charge in [-0.2, -0.15) is 0 Å². The summed E-state index contributed by atoms with van der Waals surface area (Å²) in [5.74, 6) is -0.536. The van der Waals surface area contributed by atoms with E-state index in [2.05, 4.69) is 26.0 Å². The van der Waals surface area contributed by atoms with Crippen molar-refractivity contribution in [3.05, 3.63) is 52.2 Å². The lowest BCUT2D eigenvalue weighted by atomic mass is 10.1. The van der Waals surface area contributed by atoms with Crippen LogP contribution in [0.25, 0.3) is 0 Å². The minimum absolute atomic E-state index is 0.0562. The van der Waals surface area contributed by atoms with Crippen LogP contribution in [0.5, 0.6) is 0 Å². The molecule has 0 saturated heterocycles. The zero-order valence-corrected chi connectivity index (χ0v) is 16.0.